The van der Waals surface area contributed by atoms with Gasteiger partial charge >= 0.3 is 0 Å². The van der Waals surface area contributed by atoms with Crippen molar-refractivity contribution in [2.24, 2.45) is 7.05 Å². The van der Waals surface area contributed by atoms with E-state index >= 15 is 0 Å². The van der Waals surface area contributed by atoms with Gasteiger partial charge in [-0.05, 0) is 11.4 Å². The molecule has 0 unspecified atom stereocenters. The number of rotatable bonds is 3. The van der Waals surface area contributed by atoms with Crippen molar-refractivity contribution in [3.8, 4) is 23.0 Å². The lowest BCUT2D eigenvalue weighted by molar-refractivity contribution is 0.0738. The van der Waals surface area contributed by atoms with Gasteiger partial charge in [-0.15, -0.1) is 11.3 Å². The van der Waals surface area contributed by atoms with Crippen LogP contribution in [0.4, 0.5) is 0 Å². The van der Waals surface area contributed by atoms with Gasteiger partial charge in [0.1, 0.15) is 0 Å². The summed E-state index contributed by atoms with van der Waals surface area (Å²) in [5.41, 5.74) is 3.61. The molecule has 0 atom stereocenters. The molecule has 0 fully saturated rings. The lowest BCUT2D eigenvalue weighted by Crippen LogP contribution is -2.36. The Kier molecular flexibility index (Phi) is 4.05. The van der Waals surface area contributed by atoms with Crippen LogP contribution in [0.15, 0.2) is 52.4 Å². The van der Waals surface area contributed by atoms with Crippen LogP contribution >= 0.6 is 11.3 Å². The monoisotopic (exact) mass is 391 g/mol. The van der Waals surface area contributed by atoms with E-state index in [0.29, 0.717) is 30.5 Å². The van der Waals surface area contributed by atoms with Crippen molar-refractivity contribution in [1.29, 1.82) is 0 Å². The number of aromatic nitrogens is 4. The van der Waals surface area contributed by atoms with Gasteiger partial charge in [0.2, 0.25) is 5.82 Å². The first kappa shape index (κ1) is 16.9. The van der Waals surface area contributed by atoms with E-state index in [1.165, 1.54) is 11.3 Å². The molecule has 1 amide bonds. The molecule has 0 aliphatic carbocycles. The Hall–Kier alpha value is -3.26. The van der Waals surface area contributed by atoms with Gasteiger partial charge in [0.05, 0.1) is 11.4 Å². The van der Waals surface area contributed by atoms with E-state index in [0.717, 1.165) is 28.1 Å². The number of benzene rings is 1. The minimum Gasteiger partial charge on any atom is -0.333 e. The molecule has 1 aliphatic heterocycles. The average molecular weight is 391 g/mol. The first-order valence-corrected chi connectivity index (χ1v) is 9.85. The van der Waals surface area contributed by atoms with Gasteiger partial charge < -0.3 is 9.42 Å². The minimum atomic E-state index is 0.0472. The van der Waals surface area contributed by atoms with Crippen LogP contribution in [0.2, 0.25) is 0 Å². The average Bonchev–Trinajstić information content (AvgIpc) is 3.48. The second-order valence-corrected chi connectivity index (χ2v) is 7.59. The predicted octanol–water partition coefficient (Wildman–Crippen LogP) is 3.40. The highest BCUT2D eigenvalue weighted by molar-refractivity contribution is 7.12. The van der Waals surface area contributed by atoms with E-state index in [2.05, 4.69) is 15.2 Å². The largest absolute Gasteiger partial charge is 0.333 e. The topological polar surface area (TPSA) is 77.1 Å². The van der Waals surface area contributed by atoms with E-state index in [1.807, 2.05) is 64.5 Å². The van der Waals surface area contributed by atoms with E-state index in [4.69, 9.17) is 4.52 Å². The zero-order chi connectivity index (χ0) is 19.1. The maximum atomic E-state index is 12.8. The molecule has 1 aliphatic rings. The van der Waals surface area contributed by atoms with Crippen molar-refractivity contribution in [3.05, 3.63) is 64.0 Å². The second kappa shape index (κ2) is 6.72. The molecule has 0 saturated carbocycles. The molecule has 3 aromatic heterocycles. The Morgan fingerprint density at radius 1 is 1.18 bits per heavy atom. The van der Waals surface area contributed by atoms with Crippen LogP contribution in [0.1, 0.15) is 20.9 Å². The molecule has 0 spiro atoms. The molecule has 7 nitrogen and oxygen atoms in total. The Labute approximate surface area is 165 Å². The summed E-state index contributed by atoms with van der Waals surface area (Å²) < 4.78 is 7.37. The van der Waals surface area contributed by atoms with Gasteiger partial charge in [0, 0.05) is 36.8 Å². The number of nitrogens with zero attached hydrogens (tertiary/aromatic N) is 5. The quantitative estimate of drug-likeness (QED) is 0.535. The predicted molar refractivity (Wildman–Crippen MR) is 105 cm³/mol. The number of hydrogen-bond donors (Lipinski definition) is 0. The minimum absolute atomic E-state index is 0.0472. The summed E-state index contributed by atoms with van der Waals surface area (Å²) >= 11 is 1.46. The lowest BCUT2D eigenvalue weighted by Gasteiger charge is -2.27. The van der Waals surface area contributed by atoms with Gasteiger partial charge in [-0.1, -0.05) is 41.6 Å². The summed E-state index contributed by atoms with van der Waals surface area (Å²) in [5, 5.41) is 10.6. The molecule has 28 heavy (non-hydrogen) atoms. The standard InChI is InChI=1S/C20H17N5O2S/c1-24-15-9-10-25(20(26)16-8-5-11-28-16)12-14(15)17(22-24)19-21-18(23-27-19)13-6-3-2-4-7-13/h2-8,11H,9-10,12H2,1H3. The number of fused-ring (bicyclic) bond motifs is 1. The van der Waals surface area contributed by atoms with Crippen LogP contribution in [0.25, 0.3) is 23.0 Å². The van der Waals surface area contributed by atoms with Crippen molar-refractivity contribution in [2.45, 2.75) is 13.0 Å². The highest BCUT2D eigenvalue weighted by Gasteiger charge is 2.30. The van der Waals surface area contributed by atoms with Crippen LogP contribution in [-0.2, 0) is 20.0 Å². The van der Waals surface area contributed by atoms with Crippen LogP contribution in [0.3, 0.4) is 0 Å². The Balaban J connectivity index is 1.49. The van der Waals surface area contributed by atoms with Gasteiger partial charge in [-0.25, -0.2) is 0 Å². The molecular weight excluding hydrogens is 374 g/mol. The number of thiophene rings is 1. The van der Waals surface area contributed by atoms with Gasteiger partial charge in [0.25, 0.3) is 11.8 Å². The van der Waals surface area contributed by atoms with Gasteiger partial charge in [0.15, 0.2) is 5.69 Å². The van der Waals surface area contributed by atoms with E-state index in [1.54, 1.807) is 0 Å². The zero-order valence-electron chi connectivity index (χ0n) is 15.2. The fourth-order valence-electron chi connectivity index (χ4n) is 3.52. The van der Waals surface area contributed by atoms with Crippen molar-refractivity contribution >= 4 is 17.2 Å². The van der Waals surface area contributed by atoms with Gasteiger partial charge in [-0.3, -0.25) is 9.48 Å². The Bertz CT molecular complexity index is 1130. The summed E-state index contributed by atoms with van der Waals surface area (Å²) in [4.78, 5) is 19.9. The van der Waals surface area contributed by atoms with Crippen molar-refractivity contribution in [1.82, 2.24) is 24.8 Å². The van der Waals surface area contributed by atoms with E-state index in [9.17, 15) is 4.79 Å². The Morgan fingerprint density at radius 3 is 2.82 bits per heavy atom. The van der Waals surface area contributed by atoms with Crippen molar-refractivity contribution < 1.29 is 9.32 Å². The molecule has 8 heteroatoms. The van der Waals surface area contributed by atoms with Crippen molar-refractivity contribution in [3.63, 3.8) is 0 Å². The summed E-state index contributed by atoms with van der Waals surface area (Å²) in [5.74, 6) is 0.949. The summed E-state index contributed by atoms with van der Waals surface area (Å²) in [6, 6.07) is 13.4. The highest BCUT2D eigenvalue weighted by Crippen LogP contribution is 2.31. The number of amides is 1. The van der Waals surface area contributed by atoms with Crippen LogP contribution < -0.4 is 0 Å². The Morgan fingerprint density at radius 2 is 2.04 bits per heavy atom. The third kappa shape index (κ3) is 2.82. The third-order valence-corrected chi connectivity index (χ3v) is 5.78. The van der Waals surface area contributed by atoms with Crippen molar-refractivity contribution in [2.75, 3.05) is 6.54 Å². The highest BCUT2D eigenvalue weighted by atomic mass is 32.1. The third-order valence-electron chi connectivity index (χ3n) is 4.92. The molecule has 5 rings (SSSR count). The molecule has 4 aromatic rings. The lowest BCUT2D eigenvalue weighted by atomic mass is 10.0. The SMILES string of the molecule is Cn1nc(-c2nc(-c3ccccc3)no2)c2c1CCN(C(=O)c1cccs1)C2. The molecule has 1 aromatic carbocycles. The molecule has 0 saturated heterocycles. The first-order chi connectivity index (χ1) is 13.7. The second-order valence-electron chi connectivity index (χ2n) is 6.64. The maximum Gasteiger partial charge on any atom is 0.279 e. The smallest absolute Gasteiger partial charge is 0.279 e. The molecule has 0 radical (unpaired) electrons. The molecule has 0 bridgehead atoms. The summed E-state index contributed by atoms with van der Waals surface area (Å²) in [7, 11) is 1.91. The molecule has 4 heterocycles. The molecular formula is C20H17N5O2S. The zero-order valence-corrected chi connectivity index (χ0v) is 16.0. The maximum absolute atomic E-state index is 12.8. The van der Waals surface area contributed by atoms with Crippen LogP contribution in [0.5, 0.6) is 0 Å². The molecule has 0 N–H and O–H groups in total. The normalized spacial score (nSPS) is 13.5. The molecule has 140 valence electrons. The summed E-state index contributed by atoms with van der Waals surface area (Å²) in [6.45, 7) is 1.15. The van der Waals surface area contributed by atoms with E-state index in [-0.39, 0.29) is 5.91 Å². The van der Waals surface area contributed by atoms with Crippen LogP contribution in [0, 0.1) is 0 Å². The number of hydrogen-bond acceptors (Lipinski definition) is 6. The van der Waals surface area contributed by atoms with E-state index < -0.39 is 0 Å². The van der Waals surface area contributed by atoms with Gasteiger partial charge in [-0.2, -0.15) is 10.1 Å². The number of carbonyl (C=O) groups excluding carboxylic acids is 1. The number of carbonyl (C=O) groups is 1. The number of aryl methyl sites for hydroxylation is 1. The fourth-order valence-corrected chi connectivity index (χ4v) is 4.21. The summed E-state index contributed by atoms with van der Waals surface area (Å²) in [6.07, 6.45) is 0.746. The fraction of sp³-hybridized carbons (Fsp3) is 0.200. The first-order valence-electron chi connectivity index (χ1n) is 8.98. The van der Waals surface area contributed by atoms with Crippen LogP contribution in [-0.4, -0.2) is 37.3 Å².